The van der Waals surface area contributed by atoms with E-state index in [-0.39, 0.29) is 18.0 Å². The standard InChI is InChI=1S/C23H31NO3/c1-17(2)24-15-20(27-23(25)19-10-4-3-5-11-19)16-26-22-14-8-12-18-9-6-7-13-21(18)22/h6-9,12-14,17,19-20,24H,3-5,10-11,15-16H2,1-2H3/t20-/m0/s1. The van der Waals surface area contributed by atoms with E-state index in [1.54, 1.807) is 0 Å². The molecule has 3 rings (SSSR count). The van der Waals surface area contributed by atoms with Crippen LogP contribution in [0.3, 0.4) is 0 Å². The largest absolute Gasteiger partial charge is 0.489 e. The topological polar surface area (TPSA) is 47.6 Å². The summed E-state index contributed by atoms with van der Waals surface area (Å²) in [7, 11) is 0. The van der Waals surface area contributed by atoms with Gasteiger partial charge in [0.2, 0.25) is 0 Å². The van der Waals surface area contributed by atoms with Crippen molar-refractivity contribution in [3.8, 4) is 5.75 Å². The summed E-state index contributed by atoms with van der Waals surface area (Å²) in [6, 6.07) is 14.5. The molecule has 1 fully saturated rings. The van der Waals surface area contributed by atoms with Gasteiger partial charge in [0.15, 0.2) is 0 Å². The molecule has 0 aliphatic heterocycles. The molecular weight excluding hydrogens is 338 g/mol. The van der Waals surface area contributed by atoms with Gasteiger partial charge in [-0.05, 0) is 24.3 Å². The number of carbonyl (C=O) groups is 1. The molecule has 4 nitrogen and oxygen atoms in total. The molecule has 0 saturated heterocycles. The summed E-state index contributed by atoms with van der Waals surface area (Å²) < 4.78 is 11.9. The van der Waals surface area contributed by atoms with Gasteiger partial charge in [-0.3, -0.25) is 4.79 Å². The number of carbonyl (C=O) groups excluding carboxylic acids is 1. The van der Waals surface area contributed by atoms with Crippen molar-refractivity contribution in [3.05, 3.63) is 42.5 Å². The Morgan fingerprint density at radius 2 is 1.81 bits per heavy atom. The Bertz CT molecular complexity index is 732. The number of nitrogens with one attached hydrogen (secondary N) is 1. The van der Waals surface area contributed by atoms with Crippen LogP contribution in [0.2, 0.25) is 0 Å². The quantitative estimate of drug-likeness (QED) is 0.685. The highest BCUT2D eigenvalue weighted by molar-refractivity contribution is 5.88. The summed E-state index contributed by atoms with van der Waals surface area (Å²) in [5.41, 5.74) is 0. The van der Waals surface area contributed by atoms with Crippen LogP contribution in [-0.4, -0.2) is 31.3 Å². The van der Waals surface area contributed by atoms with Crippen LogP contribution in [0.25, 0.3) is 10.8 Å². The Morgan fingerprint density at radius 1 is 1.07 bits per heavy atom. The first-order valence-corrected chi connectivity index (χ1v) is 10.2. The van der Waals surface area contributed by atoms with E-state index in [9.17, 15) is 4.79 Å². The molecule has 0 aromatic heterocycles. The van der Waals surface area contributed by atoms with Crippen LogP contribution >= 0.6 is 0 Å². The second-order valence-electron chi connectivity index (χ2n) is 7.75. The lowest BCUT2D eigenvalue weighted by atomic mass is 9.89. The summed E-state index contributed by atoms with van der Waals surface area (Å²) >= 11 is 0. The number of esters is 1. The maximum Gasteiger partial charge on any atom is 0.309 e. The molecule has 4 heteroatoms. The van der Waals surface area contributed by atoms with Gasteiger partial charge in [0.05, 0.1) is 5.92 Å². The number of hydrogen-bond donors (Lipinski definition) is 1. The van der Waals surface area contributed by atoms with Gasteiger partial charge in [-0.15, -0.1) is 0 Å². The molecule has 0 bridgehead atoms. The van der Waals surface area contributed by atoms with Gasteiger partial charge >= 0.3 is 5.97 Å². The van der Waals surface area contributed by atoms with Crippen molar-refractivity contribution in [2.75, 3.05) is 13.2 Å². The first kappa shape index (κ1) is 19.7. The molecule has 1 aliphatic rings. The zero-order chi connectivity index (χ0) is 19.1. The number of benzene rings is 2. The van der Waals surface area contributed by atoms with Crippen LogP contribution in [0.15, 0.2) is 42.5 Å². The van der Waals surface area contributed by atoms with E-state index in [1.165, 1.54) is 6.42 Å². The molecule has 2 aromatic carbocycles. The lowest BCUT2D eigenvalue weighted by molar-refractivity contribution is -0.156. The van der Waals surface area contributed by atoms with Gasteiger partial charge in [-0.2, -0.15) is 0 Å². The Morgan fingerprint density at radius 3 is 2.59 bits per heavy atom. The summed E-state index contributed by atoms with van der Waals surface area (Å²) in [4.78, 5) is 12.6. The highest BCUT2D eigenvalue weighted by atomic mass is 16.6. The van der Waals surface area contributed by atoms with Crippen LogP contribution in [0.5, 0.6) is 5.75 Å². The second-order valence-corrected chi connectivity index (χ2v) is 7.75. The fourth-order valence-corrected chi connectivity index (χ4v) is 3.60. The minimum atomic E-state index is -0.291. The molecule has 1 aliphatic carbocycles. The fourth-order valence-electron chi connectivity index (χ4n) is 3.60. The number of ether oxygens (including phenoxy) is 2. The zero-order valence-electron chi connectivity index (χ0n) is 16.4. The van der Waals surface area contributed by atoms with Crippen molar-refractivity contribution in [1.29, 1.82) is 0 Å². The Hall–Kier alpha value is -2.07. The van der Waals surface area contributed by atoms with Crippen molar-refractivity contribution < 1.29 is 14.3 Å². The van der Waals surface area contributed by atoms with Crippen molar-refractivity contribution in [1.82, 2.24) is 5.32 Å². The molecular formula is C23H31NO3. The molecule has 1 N–H and O–H groups in total. The number of hydrogen-bond acceptors (Lipinski definition) is 4. The van der Waals surface area contributed by atoms with Gasteiger partial charge in [-0.25, -0.2) is 0 Å². The number of rotatable bonds is 8. The zero-order valence-corrected chi connectivity index (χ0v) is 16.4. The molecule has 0 spiro atoms. The minimum Gasteiger partial charge on any atom is -0.489 e. The van der Waals surface area contributed by atoms with Crippen LogP contribution in [-0.2, 0) is 9.53 Å². The maximum atomic E-state index is 12.6. The molecule has 0 unspecified atom stereocenters. The highest BCUT2D eigenvalue weighted by Gasteiger charge is 2.25. The van der Waals surface area contributed by atoms with Gasteiger partial charge in [0.25, 0.3) is 0 Å². The average Bonchev–Trinajstić information content (AvgIpc) is 2.70. The third-order valence-corrected chi connectivity index (χ3v) is 5.15. The van der Waals surface area contributed by atoms with E-state index < -0.39 is 0 Å². The monoisotopic (exact) mass is 369 g/mol. The van der Waals surface area contributed by atoms with E-state index in [0.29, 0.717) is 19.2 Å². The Balaban J connectivity index is 1.64. The molecule has 146 valence electrons. The molecule has 0 radical (unpaired) electrons. The maximum absolute atomic E-state index is 12.6. The first-order valence-electron chi connectivity index (χ1n) is 10.2. The summed E-state index contributed by atoms with van der Waals surface area (Å²) in [6.45, 7) is 5.13. The Labute approximate surface area is 162 Å². The molecule has 1 saturated carbocycles. The van der Waals surface area contributed by atoms with E-state index in [0.717, 1.165) is 42.2 Å². The van der Waals surface area contributed by atoms with Crippen molar-refractivity contribution in [3.63, 3.8) is 0 Å². The van der Waals surface area contributed by atoms with E-state index in [1.807, 2.05) is 24.3 Å². The summed E-state index contributed by atoms with van der Waals surface area (Å²) in [5, 5.41) is 5.59. The molecule has 1 atom stereocenters. The van der Waals surface area contributed by atoms with Crippen molar-refractivity contribution in [2.24, 2.45) is 5.92 Å². The highest BCUT2D eigenvalue weighted by Crippen LogP contribution is 2.27. The van der Waals surface area contributed by atoms with Crippen molar-refractivity contribution >= 4 is 16.7 Å². The van der Waals surface area contributed by atoms with Crippen LogP contribution in [0, 0.1) is 5.92 Å². The molecule has 2 aromatic rings. The third-order valence-electron chi connectivity index (χ3n) is 5.15. The third kappa shape index (κ3) is 5.70. The van der Waals surface area contributed by atoms with E-state index in [2.05, 4.69) is 37.4 Å². The minimum absolute atomic E-state index is 0.0536. The van der Waals surface area contributed by atoms with Crippen LogP contribution in [0.1, 0.15) is 46.0 Å². The van der Waals surface area contributed by atoms with E-state index >= 15 is 0 Å². The lowest BCUT2D eigenvalue weighted by Crippen LogP contribution is -2.39. The van der Waals surface area contributed by atoms with Crippen molar-refractivity contribution in [2.45, 2.75) is 58.1 Å². The predicted octanol–water partition coefficient (Wildman–Crippen LogP) is 4.71. The van der Waals surface area contributed by atoms with Crippen LogP contribution < -0.4 is 10.1 Å². The van der Waals surface area contributed by atoms with Gasteiger partial charge in [-0.1, -0.05) is 69.5 Å². The lowest BCUT2D eigenvalue weighted by Gasteiger charge is -2.25. The fraction of sp³-hybridized carbons (Fsp3) is 0.522. The summed E-state index contributed by atoms with van der Waals surface area (Å²) in [6.07, 6.45) is 5.09. The molecule has 0 amide bonds. The molecule has 27 heavy (non-hydrogen) atoms. The number of fused-ring (bicyclic) bond motifs is 1. The second kappa shape index (κ2) is 9.75. The van der Waals surface area contributed by atoms with E-state index in [4.69, 9.17) is 9.47 Å². The predicted molar refractivity (Wildman–Crippen MR) is 109 cm³/mol. The SMILES string of the molecule is CC(C)NC[C@@H](COc1cccc2ccccc12)OC(=O)C1CCCCC1. The first-order chi connectivity index (χ1) is 13.1. The normalized spacial score (nSPS) is 16.4. The van der Waals surface area contributed by atoms with Gasteiger partial charge in [0.1, 0.15) is 18.5 Å². The Kier molecular flexibility index (Phi) is 7.11. The van der Waals surface area contributed by atoms with Gasteiger partial charge < -0.3 is 14.8 Å². The van der Waals surface area contributed by atoms with Gasteiger partial charge in [0, 0.05) is 18.0 Å². The van der Waals surface area contributed by atoms with Crippen LogP contribution in [0.4, 0.5) is 0 Å². The molecule has 0 heterocycles. The average molecular weight is 370 g/mol. The smallest absolute Gasteiger partial charge is 0.309 e. The summed E-state index contributed by atoms with van der Waals surface area (Å²) in [5.74, 6) is 0.820.